The summed E-state index contributed by atoms with van der Waals surface area (Å²) in [4.78, 5) is 12.6. The van der Waals surface area contributed by atoms with Crippen LogP contribution in [0.4, 0.5) is 0 Å². The van der Waals surface area contributed by atoms with E-state index in [-0.39, 0.29) is 5.97 Å². The summed E-state index contributed by atoms with van der Waals surface area (Å²) >= 11 is 0. The molecule has 0 saturated carbocycles. The van der Waals surface area contributed by atoms with Gasteiger partial charge in [0.1, 0.15) is 5.75 Å². The van der Waals surface area contributed by atoms with E-state index in [0.29, 0.717) is 11.3 Å². The van der Waals surface area contributed by atoms with Gasteiger partial charge in [-0.05, 0) is 79.0 Å². The first-order chi connectivity index (χ1) is 16.7. The largest absolute Gasteiger partial charge is 0.423 e. The standard InChI is InChI=1S/C32H44O2/c1-3-5-7-8-9-11-13-27-16-24-31(25-17-27)34-32(33)30-22-20-29(21-23-30)28-18-14-26(15-19-28)12-10-6-4-2/h16-18,20-26H,3-15,19H2,1-2H3. The molecule has 0 bridgehead atoms. The maximum atomic E-state index is 12.6. The molecule has 0 aliphatic heterocycles. The van der Waals surface area contributed by atoms with Crippen molar-refractivity contribution in [2.75, 3.05) is 0 Å². The summed E-state index contributed by atoms with van der Waals surface area (Å²) in [7, 11) is 0. The van der Waals surface area contributed by atoms with Gasteiger partial charge >= 0.3 is 5.97 Å². The van der Waals surface area contributed by atoms with E-state index in [4.69, 9.17) is 4.74 Å². The highest BCUT2D eigenvalue weighted by Gasteiger charge is 2.16. The van der Waals surface area contributed by atoms with Crippen LogP contribution >= 0.6 is 0 Å². The molecule has 2 aromatic rings. The molecule has 0 fully saturated rings. The molecule has 34 heavy (non-hydrogen) atoms. The second kappa shape index (κ2) is 14.8. The van der Waals surface area contributed by atoms with Gasteiger partial charge in [-0.15, -0.1) is 0 Å². The van der Waals surface area contributed by atoms with E-state index in [0.717, 1.165) is 18.8 Å². The smallest absolute Gasteiger partial charge is 0.343 e. The van der Waals surface area contributed by atoms with Crippen LogP contribution in [0.25, 0.3) is 5.57 Å². The first-order valence-corrected chi connectivity index (χ1v) is 13.8. The normalized spacial score (nSPS) is 15.7. The minimum Gasteiger partial charge on any atom is -0.423 e. The van der Waals surface area contributed by atoms with Gasteiger partial charge in [0.2, 0.25) is 0 Å². The molecule has 0 aromatic heterocycles. The van der Waals surface area contributed by atoms with Crippen LogP contribution < -0.4 is 4.74 Å². The Morgan fingerprint density at radius 3 is 2.18 bits per heavy atom. The van der Waals surface area contributed by atoms with Crippen molar-refractivity contribution in [2.45, 2.75) is 104 Å². The number of hydrogen-bond donors (Lipinski definition) is 0. The minimum absolute atomic E-state index is 0.288. The van der Waals surface area contributed by atoms with Crippen molar-refractivity contribution in [1.82, 2.24) is 0 Å². The number of allylic oxidation sites excluding steroid dienone is 2. The Labute approximate surface area is 207 Å². The molecule has 1 aliphatic rings. The Kier molecular flexibility index (Phi) is 11.4. The molecule has 3 rings (SSSR count). The number of rotatable bonds is 14. The average Bonchev–Trinajstić information content (AvgIpc) is 2.88. The fourth-order valence-electron chi connectivity index (χ4n) is 4.92. The molecule has 1 unspecified atom stereocenters. The van der Waals surface area contributed by atoms with Gasteiger partial charge in [0.25, 0.3) is 0 Å². The monoisotopic (exact) mass is 460 g/mol. The van der Waals surface area contributed by atoms with Gasteiger partial charge in [-0.25, -0.2) is 4.79 Å². The highest BCUT2D eigenvalue weighted by molar-refractivity contribution is 5.91. The molecule has 0 N–H and O–H groups in total. The lowest BCUT2D eigenvalue weighted by Gasteiger charge is -2.22. The third-order valence-electron chi connectivity index (χ3n) is 7.18. The minimum atomic E-state index is -0.288. The number of hydrogen-bond acceptors (Lipinski definition) is 2. The van der Waals surface area contributed by atoms with Crippen LogP contribution in [0.1, 0.15) is 119 Å². The molecule has 0 radical (unpaired) electrons. The molecule has 184 valence electrons. The van der Waals surface area contributed by atoms with Crippen molar-refractivity contribution in [3.8, 4) is 5.75 Å². The highest BCUT2D eigenvalue weighted by atomic mass is 16.5. The molecule has 0 saturated heterocycles. The van der Waals surface area contributed by atoms with Crippen LogP contribution in [0.5, 0.6) is 5.75 Å². The lowest BCUT2D eigenvalue weighted by molar-refractivity contribution is 0.0734. The van der Waals surface area contributed by atoms with Crippen molar-refractivity contribution >= 4 is 11.5 Å². The van der Waals surface area contributed by atoms with Crippen LogP contribution in [0.15, 0.2) is 54.6 Å². The maximum absolute atomic E-state index is 12.6. The van der Waals surface area contributed by atoms with Crippen molar-refractivity contribution in [2.24, 2.45) is 5.92 Å². The van der Waals surface area contributed by atoms with E-state index in [2.05, 4.69) is 44.2 Å². The van der Waals surface area contributed by atoms with Crippen molar-refractivity contribution in [1.29, 1.82) is 0 Å². The van der Waals surface area contributed by atoms with Crippen molar-refractivity contribution in [3.05, 3.63) is 71.3 Å². The number of carbonyl (C=O) groups is 1. The summed E-state index contributed by atoms with van der Waals surface area (Å²) in [5.74, 6) is 1.18. The zero-order chi connectivity index (χ0) is 24.0. The van der Waals surface area contributed by atoms with Gasteiger partial charge in [-0.2, -0.15) is 0 Å². The van der Waals surface area contributed by atoms with Crippen LogP contribution in [0.3, 0.4) is 0 Å². The molecule has 2 nitrogen and oxygen atoms in total. The van der Waals surface area contributed by atoms with E-state index in [1.807, 2.05) is 24.3 Å². The van der Waals surface area contributed by atoms with E-state index in [1.165, 1.54) is 93.7 Å². The second-order valence-corrected chi connectivity index (χ2v) is 9.99. The number of ether oxygens (including phenoxy) is 1. The van der Waals surface area contributed by atoms with Gasteiger partial charge in [-0.3, -0.25) is 0 Å². The van der Waals surface area contributed by atoms with Crippen LogP contribution in [0.2, 0.25) is 0 Å². The molecule has 0 spiro atoms. The van der Waals surface area contributed by atoms with Gasteiger partial charge in [0.05, 0.1) is 5.56 Å². The summed E-state index contributed by atoms with van der Waals surface area (Å²) in [6.07, 6.45) is 20.4. The average molecular weight is 461 g/mol. The molecular formula is C32H44O2. The summed E-state index contributed by atoms with van der Waals surface area (Å²) in [5, 5.41) is 0. The van der Waals surface area contributed by atoms with Crippen LogP contribution in [0, 0.1) is 5.92 Å². The van der Waals surface area contributed by atoms with E-state index in [1.54, 1.807) is 0 Å². The Morgan fingerprint density at radius 1 is 0.824 bits per heavy atom. The Bertz CT molecular complexity index is 876. The fourth-order valence-corrected chi connectivity index (χ4v) is 4.92. The van der Waals surface area contributed by atoms with E-state index >= 15 is 0 Å². The molecule has 2 aromatic carbocycles. The molecule has 0 heterocycles. The first kappa shape index (κ1) is 26.3. The van der Waals surface area contributed by atoms with Crippen molar-refractivity contribution in [3.63, 3.8) is 0 Å². The molecule has 1 atom stereocenters. The van der Waals surface area contributed by atoms with E-state index in [9.17, 15) is 4.79 Å². The summed E-state index contributed by atoms with van der Waals surface area (Å²) in [5.41, 5.74) is 4.58. The first-order valence-electron chi connectivity index (χ1n) is 13.8. The molecule has 1 aliphatic carbocycles. The predicted molar refractivity (Wildman–Crippen MR) is 144 cm³/mol. The molecular weight excluding hydrogens is 416 g/mol. The molecule has 0 amide bonds. The maximum Gasteiger partial charge on any atom is 0.343 e. The quantitative estimate of drug-likeness (QED) is 0.159. The summed E-state index contributed by atoms with van der Waals surface area (Å²) in [6.45, 7) is 4.52. The lowest BCUT2D eigenvalue weighted by atomic mass is 9.84. The van der Waals surface area contributed by atoms with Gasteiger partial charge in [0.15, 0.2) is 0 Å². The van der Waals surface area contributed by atoms with Gasteiger partial charge < -0.3 is 4.74 Å². The second-order valence-electron chi connectivity index (χ2n) is 9.99. The predicted octanol–water partition coefficient (Wildman–Crippen LogP) is 9.57. The SMILES string of the molecule is CCCCCCCCc1ccc(OC(=O)c2ccc(C3=CCC(CCCCC)CC3)cc2)cc1. The van der Waals surface area contributed by atoms with Crippen LogP contribution in [-0.2, 0) is 6.42 Å². The Balaban J connectivity index is 1.44. The fraction of sp³-hybridized carbons (Fsp3) is 0.531. The lowest BCUT2D eigenvalue weighted by Crippen LogP contribution is -2.09. The topological polar surface area (TPSA) is 26.3 Å². The number of benzene rings is 2. The number of esters is 1. The van der Waals surface area contributed by atoms with Crippen molar-refractivity contribution < 1.29 is 9.53 Å². The van der Waals surface area contributed by atoms with Crippen LogP contribution in [-0.4, -0.2) is 5.97 Å². The van der Waals surface area contributed by atoms with E-state index < -0.39 is 0 Å². The zero-order valence-electron chi connectivity index (χ0n) is 21.5. The summed E-state index contributed by atoms with van der Waals surface area (Å²) < 4.78 is 5.62. The number of carbonyl (C=O) groups excluding carboxylic acids is 1. The Hall–Kier alpha value is -2.35. The zero-order valence-corrected chi connectivity index (χ0v) is 21.5. The van der Waals surface area contributed by atoms with Gasteiger partial charge in [-0.1, -0.05) is 102 Å². The highest BCUT2D eigenvalue weighted by Crippen LogP contribution is 2.33. The van der Waals surface area contributed by atoms with Gasteiger partial charge in [0, 0.05) is 0 Å². The third kappa shape index (κ3) is 8.78. The third-order valence-corrected chi connectivity index (χ3v) is 7.18. The number of unbranched alkanes of at least 4 members (excludes halogenated alkanes) is 7. The Morgan fingerprint density at radius 2 is 1.50 bits per heavy atom. The molecule has 2 heteroatoms. The number of aryl methyl sites for hydroxylation is 1. The summed E-state index contributed by atoms with van der Waals surface area (Å²) in [6, 6.07) is 16.0.